The van der Waals surface area contributed by atoms with Gasteiger partial charge in [0.15, 0.2) is 0 Å². The Hall–Kier alpha value is -0.0800. The molecule has 1 aliphatic rings. The first kappa shape index (κ1) is 9.01. The minimum Gasteiger partial charge on any atom is -0.304 e. The van der Waals surface area contributed by atoms with Crippen LogP contribution in [0.5, 0.6) is 0 Å². The van der Waals surface area contributed by atoms with Crippen molar-refractivity contribution in [1.29, 1.82) is 0 Å². The second-order valence-corrected chi connectivity index (χ2v) is 3.34. The number of unbranched alkanes of at least 4 members (excludes halogenated alkanes) is 2. The second-order valence-electron chi connectivity index (χ2n) is 3.34. The van der Waals surface area contributed by atoms with Crippen LogP contribution in [0.1, 0.15) is 32.6 Å². The summed E-state index contributed by atoms with van der Waals surface area (Å²) in [6, 6.07) is 0. The average molecular weight is 156 g/mol. The van der Waals surface area contributed by atoms with Gasteiger partial charge < -0.3 is 5.32 Å². The predicted molar refractivity (Wildman–Crippen MR) is 48.6 cm³/mol. The molecule has 0 radical (unpaired) electrons. The van der Waals surface area contributed by atoms with E-state index >= 15 is 0 Å². The van der Waals surface area contributed by atoms with Gasteiger partial charge >= 0.3 is 0 Å². The molecule has 0 aliphatic carbocycles. The highest BCUT2D eigenvalue weighted by Gasteiger charge is 2.07. The fraction of sp³-hybridized carbons (Fsp3) is 1.00. The van der Waals surface area contributed by atoms with Gasteiger partial charge in [-0.15, -0.1) is 0 Å². The van der Waals surface area contributed by atoms with Gasteiger partial charge in [0.2, 0.25) is 0 Å². The van der Waals surface area contributed by atoms with Crippen LogP contribution in [0.4, 0.5) is 0 Å². The lowest BCUT2D eigenvalue weighted by atomic mass is 10.2. The average Bonchev–Trinajstić information content (AvgIpc) is 2.07. The Morgan fingerprint density at radius 2 is 2.27 bits per heavy atom. The highest BCUT2D eigenvalue weighted by atomic mass is 15.2. The zero-order valence-electron chi connectivity index (χ0n) is 7.60. The summed E-state index contributed by atoms with van der Waals surface area (Å²) < 4.78 is 0. The molecule has 1 heterocycles. The van der Waals surface area contributed by atoms with Crippen LogP contribution in [0.2, 0.25) is 0 Å². The number of nitrogens with one attached hydrogen (secondary N) is 1. The Bertz CT molecular complexity index is 87.6. The fourth-order valence-electron chi connectivity index (χ4n) is 1.52. The minimum atomic E-state index is 1.11. The van der Waals surface area contributed by atoms with Crippen molar-refractivity contribution >= 4 is 0 Å². The van der Waals surface area contributed by atoms with Crippen molar-refractivity contribution in [3.05, 3.63) is 0 Å². The number of hydrogen-bond donors (Lipinski definition) is 1. The Labute approximate surface area is 70.0 Å². The van der Waals surface area contributed by atoms with Crippen molar-refractivity contribution in [3.63, 3.8) is 0 Å². The molecule has 0 atom stereocenters. The molecule has 0 unspecified atom stereocenters. The summed E-state index contributed by atoms with van der Waals surface area (Å²) in [5, 5.41) is 3.39. The van der Waals surface area contributed by atoms with E-state index in [1.807, 2.05) is 0 Å². The van der Waals surface area contributed by atoms with Crippen LogP contribution in [0, 0.1) is 0 Å². The monoisotopic (exact) mass is 156 g/mol. The first-order chi connectivity index (χ1) is 5.43. The van der Waals surface area contributed by atoms with Crippen molar-refractivity contribution < 1.29 is 0 Å². The maximum atomic E-state index is 3.39. The molecule has 66 valence electrons. The van der Waals surface area contributed by atoms with Crippen LogP contribution in [0.15, 0.2) is 0 Å². The largest absolute Gasteiger partial charge is 0.304 e. The van der Waals surface area contributed by atoms with Gasteiger partial charge in [0.05, 0.1) is 0 Å². The molecule has 1 rings (SSSR count). The molecule has 1 aliphatic heterocycles. The summed E-state index contributed by atoms with van der Waals surface area (Å²) in [6.07, 6.45) is 5.42. The molecule has 0 aromatic rings. The van der Waals surface area contributed by atoms with Gasteiger partial charge in [0.25, 0.3) is 0 Å². The molecule has 0 spiro atoms. The number of hydrogen-bond acceptors (Lipinski definition) is 2. The van der Waals surface area contributed by atoms with Gasteiger partial charge in [-0.1, -0.05) is 19.8 Å². The van der Waals surface area contributed by atoms with E-state index in [-0.39, 0.29) is 0 Å². The van der Waals surface area contributed by atoms with Gasteiger partial charge in [-0.2, -0.15) is 0 Å². The first-order valence-electron chi connectivity index (χ1n) is 4.86. The van der Waals surface area contributed by atoms with Crippen molar-refractivity contribution in [1.82, 2.24) is 10.2 Å². The molecule has 0 saturated carbocycles. The van der Waals surface area contributed by atoms with E-state index in [4.69, 9.17) is 0 Å². The lowest BCUT2D eigenvalue weighted by Crippen LogP contribution is -2.41. The minimum absolute atomic E-state index is 1.11. The third-order valence-corrected chi connectivity index (χ3v) is 2.24. The number of nitrogens with zero attached hydrogens (tertiary/aromatic N) is 1. The van der Waals surface area contributed by atoms with E-state index in [1.54, 1.807) is 0 Å². The molecule has 0 amide bonds. The molecule has 11 heavy (non-hydrogen) atoms. The summed E-state index contributed by atoms with van der Waals surface area (Å²) in [4.78, 5) is 2.51. The van der Waals surface area contributed by atoms with Crippen molar-refractivity contribution in [2.24, 2.45) is 0 Å². The van der Waals surface area contributed by atoms with Gasteiger partial charge in [-0.3, -0.25) is 4.90 Å². The number of rotatable bonds is 4. The lowest BCUT2D eigenvalue weighted by Gasteiger charge is -2.26. The molecule has 0 aromatic heterocycles. The highest BCUT2D eigenvalue weighted by molar-refractivity contribution is 4.63. The lowest BCUT2D eigenvalue weighted by molar-refractivity contribution is 0.212. The zero-order valence-corrected chi connectivity index (χ0v) is 7.60. The maximum Gasteiger partial charge on any atom is 0.0480 e. The Balaban J connectivity index is 1.96. The molecule has 2 nitrogen and oxygen atoms in total. The van der Waals surface area contributed by atoms with Gasteiger partial charge in [0, 0.05) is 13.2 Å². The third-order valence-electron chi connectivity index (χ3n) is 2.24. The zero-order chi connectivity index (χ0) is 7.94. The van der Waals surface area contributed by atoms with E-state index in [0.29, 0.717) is 0 Å². The summed E-state index contributed by atoms with van der Waals surface area (Å²) in [5.74, 6) is 0. The van der Waals surface area contributed by atoms with E-state index in [0.717, 1.165) is 6.67 Å². The van der Waals surface area contributed by atoms with Gasteiger partial charge in [-0.05, 0) is 25.9 Å². The van der Waals surface area contributed by atoms with Crippen molar-refractivity contribution in [3.8, 4) is 0 Å². The quantitative estimate of drug-likeness (QED) is 0.619. The summed E-state index contributed by atoms with van der Waals surface area (Å²) in [5.41, 5.74) is 0. The Morgan fingerprint density at radius 3 is 2.91 bits per heavy atom. The fourth-order valence-corrected chi connectivity index (χ4v) is 1.52. The molecule has 1 N–H and O–H groups in total. The predicted octanol–water partition coefficient (Wildman–Crippen LogP) is 1.43. The van der Waals surface area contributed by atoms with E-state index in [9.17, 15) is 0 Å². The molecule has 1 fully saturated rings. The SMILES string of the molecule is CCCCCN1CCCNC1. The van der Waals surface area contributed by atoms with Crippen LogP contribution in [-0.2, 0) is 0 Å². The van der Waals surface area contributed by atoms with Gasteiger partial charge in [0.1, 0.15) is 0 Å². The van der Waals surface area contributed by atoms with Gasteiger partial charge in [-0.25, -0.2) is 0 Å². The maximum absolute atomic E-state index is 3.39. The molecular formula is C9H20N2. The van der Waals surface area contributed by atoms with E-state index < -0.39 is 0 Å². The van der Waals surface area contributed by atoms with Crippen LogP contribution >= 0.6 is 0 Å². The molecule has 0 bridgehead atoms. The second kappa shape index (κ2) is 5.56. The van der Waals surface area contributed by atoms with Crippen LogP contribution < -0.4 is 5.32 Å². The highest BCUT2D eigenvalue weighted by Crippen LogP contribution is 2.00. The summed E-state index contributed by atoms with van der Waals surface area (Å²) in [7, 11) is 0. The topological polar surface area (TPSA) is 15.3 Å². The van der Waals surface area contributed by atoms with Crippen LogP contribution in [-0.4, -0.2) is 31.2 Å². The normalized spacial score (nSPS) is 20.5. The van der Waals surface area contributed by atoms with Crippen LogP contribution in [0.25, 0.3) is 0 Å². The van der Waals surface area contributed by atoms with Crippen molar-refractivity contribution in [2.45, 2.75) is 32.6 Å². The molecule has 1 saturated heterocycles. The molecule has 2 heteroatoms. The third kappa shape index (κ3) is 3.73. The summed E-state index contributed by atoms with van der Waals surface area (Å²) in [6.45, 7) is 7.18. The van der Waals surface area contributed by atoms with E-state index in [1.165, 1.54) is 45.3 Å². The van der Waals surface area contributed by atoms with Crippen molar-refractivity contribution in [2.75, 3.05) is 26.3 Å². The summed E-state index contributed by atoms with van der Waals surface area (Å²) >= 11 is 0. The molecular weight excluding hydrogens is 136 g/mol. The smallest absolute Gasteiger partial charge is 0.0480 e. The Morgan fingerprint density at radius 1 is 1.36 bits per heavy atom. The Kier molecular flexibility index (Phi) is 4.55. The van der Waals surface area contributed by atoms with Crippen LogP contribution in [0.3, 0.4) is 0 Å². The molecule has 0 aromatic carbocycles. The van der Waals surface area contributed by atoms with E-state index in [2.05, 4.69) is 17.1 Å². The standard InChI is InChI=1S/C9H20N2/c1-2-3-4-7-11-8-5-6-10-9-11/h10H,2-9H2,1H3. The first-order valence-corrected chi connectivity index (χ1v) is 4.86.